The number of hydrogen-bond acceptors (Lipinski definition) is 6. The highest BCUT2D eigenvalue weighted by atomic mass is 16.2. The van der Waals surface area contributed by atoms with E-state index in [9.17, 15) is 4.79 Å². The predicted molar refractivity (Wildman–Crippen MR) is 128 cm³/mol. The van der Waals surface area contributed by atoms with Gasteiger partial charge in [-0.2, -0.15) is 0 Å². The lowest BCUT2D eigenvalue weighted by molar-refractivity contribution is -0.118. The van der Waals surface area contributed by atoms with Gasteiger partial charge in [0.25, 0.3) is 0 Å². The summed E-state index contributed by atoms with van der Waals surface area (Å²) in [5, 5.41) is 9.40. The summed E-state index contributed by atoms with van der Waals surface area (Å²) < 4.78 is 0. The van der Waals surface area contributed by atoms with Gasteiger partial charge in [0.1, 0.15) is 5.82 Å². The average Bonchev–Trinajstić information content (AvgIpc) is 2.84. The van der Waals surface area contributed by atoms with Crippen molar-refractivity contribution in [2.24, 2.45) is 0 Å². The molecule has 2 heterocycles. The molecule has 1 aliphatic rings. The largest absolute Gasteiger partial charge is 0.377 e. The second kappa shape index (κ2) is 10.2. The van der Waals surface area contributed by atoms with Crippen molar-refractivity contribution in [3.05, 3.63) is 108 Å². The molecule has 1 aromatic heterocycles. The highest BCUT2D eigenvalue weighted by molar-refractivity contribution is 5.82. The molecule has 0 spiro atoms. The van der Waals surface area contributed by atoms with E-state index < -0.39 is 0 Å². The van der Waals surface area contributed by atoms with Gasteiger partial charge in [-0.1, -0.05) is 48.5 Å². The van der Waals surface area contributed by atoms with Crippen molar-refractivity contribution in [1.82, 2.24) is 21.2 Å². The summed E-state index contributed by atoms with van der Waals surface area (Å²) in [6.45, 7) is 2.29. The third-order valence-electron chi connectivity index (χ3n) is 4.98. The lowest BCUT2D eigenvalue weighted by Crippen LogP contribution is -2.42. The van der Waals surface area contributed by atoms with E-state index in [1.54, 1.807) is 12.4 Å². The minimum absolute atomic E-state index is 0.144. The van der Waals surface area contributed by atoms with Crippen molar-refractivity contribution in [2.45, 2.75) is 13.0 Å². The molecule has 0 saturated carbocycles. The number of aromatic nitrogens is 1. The summed E-state index contributed by atoms with van der Waals surface area (Å²) in [6, 6.07) is 22.1. The second-order valence-corrected chi connectivity index (χ2v) is 7.42. The molecular weight excluding hydrogens is 400 g/mol. The molecule has 1 atom stereocenters. The maximum atomic E-state index is 12.2. The monoisotopic (exact) mass is 426 g/mol. The molecule has 7 nitrogen and oxygen atoms in total. The van der Waals surface area contributed by atoms with Crippen molar-refractivity contribution < 1.29 is 4.79 Å². The van der Waals surface area contributed by atoms with Crippen LogP contribution in [0.2, 0.25) is 0 Å². The third-order valence-corrected chi connectivity index (χ3v) is 4.98. The third kappa shape index (κ3) is 5.66. The summed E-state index contributed by atoms with van der Waals surface area (Å²) in [5.74, 6) is 0.433. The quantitative estimate of drug-likeness (QED) is 0.377. The Labute approximate surface area is 187 Å². The average molecular weight is 427 g/mol. The Morgan fingerprint density at radius 1 is 0.938 bits per heavy atom. The number of rotatable bonds is 8. The number of para-hydroxylation sites is 1. The van der Waals surface area contributed by atoms with E-state index in [2.05, 4.69) is 50.8 Å². The van der Waals surface area contributed by atoms with Crippen molar-refractivity contribution in [3.63, 3.8) is 0 Å². The number of hydrazine groups is 1. The lowest BCUT2D eigenvalue weighted by atomic mass is 10.1. The molecule has 32 heavy (non-hydrogen) atoms. The van der Waals surface area contributed by atoms with Gasteiger partial charge in [-0.3, -0.25) is 20.6 Å². The number of carbonyl (C=O) groups excluding carboxylic acids is 1. The Kier molecular flexibility index (Phi) is 6.67. The molecule has 0 aliphatic carbocycles. The fourth-order valence-corrected chi connectivity index (χ4v) is 3.30. The lowest BCUT2D eigenvalue weighted by Gasteiger charge is -2.21. The molecule has 5 N–H and O–H groups in total. The predicted octanol–water partition coefficient (Wildman–Crippen LogP) is 3.77. The summed E-state index contributed by atoms with van der Waals surface area (Å²) in [6.07, 6.45) is 7.32. The van der Waals surface area contributed by atoms with Crippen LogP contribution < -0.4 is 26.8 Å². The van der Waals surface area contributed by atoms with Gasteiger partial charge in [0.15, 0.2) is 0 Å². The summed E-state index contributed by atoms with van der Waals surface area (Å²) in [7, 11) is 0. The van der Waals surface area contributed by atoms with E-state index in [0.29, 0.717) is 5.82 Å². The number of pyridine rings is 1. The SMILES string of the molecule is C[C@H](Nc1cncc(C2=CC=C(NC(=O)CNc3ccccc3)NN2)c1)c1ccccc1. The Balaban J connectivity index is 1.34. The first-order chi connectivity index (χ1) is 15.7. The van der Waals surface area contributed by atoms with E-state index >= 15 is 0 Å². The maximum absolute atomic E-state index is 12.2. The number of amides is 1. The fraction of sp³-hybridized carbons (Fsp3) is 0.120. The molecule has 3 aromatic rings. The number of hydrogen-bond donors (Lipinski definition) is 5. The molecule has 0 saturated heterocycles. The van der Waals surface area contributed by atoms with Gasteiger partial charge in [-0.15, -0.1) is 0 Å². The molecule has 2 aromatic carbocycles. The van der Waals surface area contributed by atoms with Crippen LogP contribution in [-0.2, 0) is 4.79 Å². The van der Waals surface area contributed by atoms with Crippen LogP contribution in [0.3, 0.4) is 0 Å². The number of benzene rings is 2. The normalized spacial score (nSPS) is 13.5. The summed E-state index contributed by atoms with van der Waals surface area (Å²) in [5.41, 5.74) is 11.0. The van der Waals surface area contributed by atoms with E-state index in [-0.39, 0.29) is 18.5 Å². The van der Waals surface area contributed by atoms with Crippen LogP contribution in [0.4, 0.5) is 11.4 Å². The van der Waals surface area contributed by atoms with Crippen LogP contribution >= 0.6 is 0 Å². The van der Waals surface area contributed by atoms with E-state index in [0.717, 1.165) is 22.6 Å². The Bertz CT molecular complexity index is 1110. The van der Waals surface area contributed by atoms with Gasteiger partial charge in [0, 0.05) is 29.7 Å². The number of nitrogens with one attached hydrogen (secondary N) is 5. The Hall–Kier alpha value is -4.26. The molecule has 1 aliphatic heterocycles. The molecule has 7 heteroatoms. The zero-order valence-electron chi connectivity index (χ0n) is 17.8. The van der Waals surface area contributed by atoms with Crippen molar-refractivity contribution in [2.75, 3.05) is 17.2 Å². The van der Waals surface area contributed by atoms with Crippen LogP contribution in [0.5, 0.6) is 0 Å². The molecule has 4 rings (SSSR count). The van der Waals surface area contributed by atoms with Gasteiger partial charge in [-0.25, -0.2) is 0 Å². The summed E-state index contributed by atoms with van der Waals surface area (Å²) in [4.78, 5) is 16.5. The molecule has 162 valence electrons. The minimum Gasteiger partial charge on any atom is -0.377 e. The van der Waals surface area contributed by atoms with Crippen LogP contribution in [0, 0.1) is 0 Å². The van der Waals surface area contributed by atoms with Crippen molar-refractivity contribution in [1.29, 1.82) is 0 Å². The van der Waals surface area contributed by atoms with Crippen LogP contribution in [-0.4, -0.2) is 17.4 Å². The topological polar surface area (TPSA) is 90.1 Å². The maximum Gasteiger partial charge on any atom is 0.244 e. The Morgan fingerprint density at radius 2 is 1.69 bits per heavy atom. The fourth-order valence-electron chi connectivity index (χ4n) is 3.30. The highest BCUT2D eigenvalue weighted by Gasteiger charge is 2.11. The van der Waals surface area contributed by atoms with Crippen LogP contribution in [0.25, 0.3) is 5.70 Å². The van der Waals surface area contributed by atoms with Gasteiger partial charge < -0.3 is 16.0 Å². The highest BCUT2D eigenvalue weighted by Crippen LogP contribution is 2.21. The van der Waals surface area contributed by atoms with Crippen molar-refractivity contribution in [3.8, 4) is 0 Å². The van der Waals surface area contributed by atoms with Gasteiger partial charge in [0.2, 0.25) is 5.91 Å². The smallest absolute Gasteiger partial charge is 0.244 e. The number of carbonyl (C=O) groups is 1. The van der Waals surface area contributed by atoms with Gasteiger partial charge in [-0.05, 0) is 42.8 Å². The van der Waals surface area contributed by atoms with E-state index in [4.69, 9.17) is 0 Å². The van der Waals surface area contributed by atoms with Gasteiger partial charge >= 0.3 is 0 Å². The first kappa shape index (κ1) is 21.0. The van der Waals surface area contributed by atoms with Crippen molar-refractivity contribution >= 4 is 23.0 Å². The zero-order chi connectivity index (χ0) is 22.2. The molecule has 0 unspecified atom stereocenters. The molecule has 1 amide bonds. The van der Waals surface area contributed by atoms with E-state index in [1.807, 2.05) is 66.7 Å². The first-order valence-corrected chi connectivity index (χ1v) is 10.5. The number of allylic oxidation sites excluding steroid dienone is 2. The molecule has 0 bridgehead atoms. The standard InChI is InChI=1S/C25H26N6O/c1-18(19-8-4-2-5-9-19)28-22-14-20(15-26-16-22)23-12-13-24(31-30-23)29-25(32)17-27-21-10-6-3-7-11-21/h2-16,18,27-28,30-31H,17H2,1H3,(H,29,32)/t18-/m0/s1. The molecule has 0 radical (unpaired) electrons. The molecule has 0 fully saturated rings. The summed E-state index contributed by atoms with van der Waals surface area (Å²) >= 11 is 0. The Morgan fingerprint density at radius 3 is 2.41 bits per heavy atom. The van der Waals surface area contributed by atoms with E-state index in [1.165, 1.54) is 5.56 Å². The minimum atomic E-state index is -0.144. The number of nitrogens with zero attached hydrogens (tertiary/aromatic N) is 1. The molecular formula is C25H26N6O. The van der Waals surface area contributed by atoms with Crippen LogP contribution in [0.1, 0.15) is 24.1 Å². The number of anilines is 2. The zero-order valence-corrected chi connectivity index (χ0v) is 17.8. The first-order valence-electron chi connectivity index (χ1n) is 10.5. The van der Waals surface area contributed by atoms with Gasteiger partial charge in [0.05, 0.1) is 17.9 Å². The van der Waals surface area contributed by atoms with Crippen LogP contribution in [0.15, 0.2) is 97.1 Å². The second-order valence-electron chi connectivity index (χ2n) is 7.42.